The molecule has 0 saturated heterocycles. The van der Waals surface area contributed by atoms with Gasteiger partial charge in [0.1, 0.15) is 0 Å². The Morgan fingerprint density at radius 2 is 1.19 bits per heavy atom. The van der Waals surface area contributed by atoms with E-state index in [1.54, 1.807) is 0 Å². The maximum atomic E-state index is 2.34. The van der Waals surface area contributed by atoms with Gasteiger partial charge in [0.25, 0.3) is 0 Å². The minimum atomic E-state index is 0. The zero-order valence-corrected chi connectivity index (χ0v) is 12.4. The van der Waals surface area contributed by atoms with Crippen LogP contribution >= 0.6 is 0 Å². The SMILES string of the molecule is C1CCCC1.C[C@@H](C1CCCC1)N(C)C.[Fe]. The summed E-state index contributed by atoms with van der Waals surface area (Å²) in [7, 11) is 4.37. The molecule has 0 aromatic heterocycles. The minimum Gasteiger partial charge on any atom is -0.306 e. The van der Waals surface area contributed by atoms with Crippen molar-refractivity contribution in [2.45, 2.75) is 70.8 Å². The predicted molar refractivity (Wildman–Crippen MR) is 68.2 cm³/mol. The molecule has 0 amide bonds. The van der Waals surface area contributed by atoms with Crippen LogP contribution in [-0.4, -0.2) is 25.0 Å². The van der Waals surface area contributed by atoms with Crippen LogP contribution in [0.5, 0.6) is 0 Å². The molecule has 1 nitrogen and oxygen atoms in total. The third-order valence-electron chi connectivity index (χ3n) is 4.15. The van der Waals surface area contributed by atoms with Crippen LogP contribution in [-0.2, 0) is 17.1 Å². The second-order valence-corrected chi connectivity index (χ2v) is 5.52. The van der Waals surface area contributed by atoms with Crippen LogP contribution in [0.4, 0.5) is 0 Å². The van der Waals surface area contributed by atoms with Gasteiger partial charge in [0.15, 0.2) is 0 Å². The fourth-order valence-electron chi connectivity index (χ4n) is 2.75. The van der Waals surface area contributed by atoms with Crippen molar-refractivity contribution in [3.8, 4) is 0 Å². The van der Waals surface area contributed by atoms with Crippen LogP contribution in [0, 0.1) is 5.92 Å². The Balaban J connectivity index is 0.000000318. The molecular weight excluding hydrogens is 238 g/mol. The van der Waals surface area contributed by atoms with Crippen molar-refractivity contribution < 1.29 is 17.1 Å². The van der Waals surface area contributed by atoms with Gasteiger partial charge in [-0.25, -0.2) is 0 Å². The Morgan fingerprint density at radius 3 is 1.50 bits per heavy atom. The Morgan fingerprint density at radius 1 is 0.812 bits per heavy atom. The van der Waals surface area contributed by atoms with Crippen molar-refractivity contribution in [1.29, 1.82) is 0 Å². The predicted octanol–water partition coefficient (Wildman–Crippen LogP) is 4.07. The second-order valence-electron chi connectivity index (χ2n) is 5.52. The summed E-state index contributed by atoms with van der Waals surface area (Å²) in [5.41, 5.74) is 0. The normalized spacial score (nSPS) is 22.5. The maximum absolute atomic E-state index is 2.34. The van der Waals surface area contributed by atoms with Gasteiger partial charge in [-0.3, -0.25) is 0 Å². The largest absolute Gasteiger partial charge is 0.306 e. The molecule has 2 aliphatic carbocycles. The first-order valence-electron chi connectivity index (χ1n) is 6.88. The molecule has 0 unspecified atom stereocenters. The van der Waals surface area contributed by atoms with Gasteiger partial charge in [-0.05, 0) is 39.8 Å². The van der Waals surface area contributed by atoms with Crippen molar-refractivity contribution in [1.82, 2.24) is 4.90 Å². The molecule has 2 rings (SSSR count). The Hall–Kier alpha value is 0.479. The molecule has 2 fully saturated rings. The summed E-state index contributed by atoms with van der Waals surface area (Å²) < 4.78 is 0. The molecule has 0 heterocycles. The van der Waals surface area contributed by atoms with Crippen LogP contribution in [0.3, 0.4) is 0 Å². The fraction of sp³-hybridized carbons (Fsp3) is 1.00. The van der Waals surface area contributed by atoms with E-state index in [0.717, 1.165) is 12.0 Å². The summed E-state index contributed by atoms with van der Waals surface area (Å²) in [4.78, 5) is 2.34. The molecule has 0 radical (unpaired) electrons. The van der Waals surface area contributed by atoms with E-state index in [9.17, 15) is 0 Å². The van der Waals surface area contributed by atoms with Crippen LogP contribution in [0.2, 0.25) is 0 Å². The van der Waals surface area contributed by atoms with Gasteiger partial charge in [-0.1, -0.05) is 44.9 Å². The van der Waals surface area contributed by atoms with Gasteiger partial charge in [-0.2, -0.15) is 0 Å². The first-order valence-corrected chi connectivity index (χ1v) is 6.88. The summed E-state index contributed by atoms with van der Waals surface area (Å²) in [5.74, 6) is 0.981. The molecule has 2 saturated carbocycles. The van der Waals surface area contributed by atoms with E-state index in [0.29, 0.717) is 0 Å². The first kappa shape index (κ1) is 16.5. The third-order valence-corrected chi connectivity index (χ3v) is 4.15. The number of hydrogen-bond donors (Lipinski definition) is 0. The van der Waals surface area contributed by atoms with Gasteiger partial charge >= 0.3 is 0 Å². The van der Waals surface area contributed by atoms with E-state index in [-0.39, 0.29) is 17.1 Å². The van der Waals surface area contributed by atoms with E-state index in [1.807, 2.05) is 0 Å². The molecule has 0 aromatic carbocycles. The van der Waals surface area contributed by atoms with Crippen LogP contribution < -0.4 is 0 Å². The van der Waals surface area contributed by atoms with Crippen molar-refractivity contribution in [2.24, 2.45) is 5.92 Å². The van der Waals surface area contributed by atoms with E-state index >= 15 is 0 Å². The number of rotatable bonds is 2. The van der Waals surface area contributed by atoms with Gasteiger partial charge < -0.3 is 4.90 Å². The van der Waals surface area contributed by atoms with Gasteiger partial charge in [0.05, 0.1) is 0 Å². The molecular formula is C14H29FeN. The fourth-order valence-corrected chi connectivity index (χ4v) is 2.75. The molecule has 0 N–H and O–H groups in total. The summed E-state index contributed by atoms with van der Waals surface area (Å²) in [6, 6.07) is 0.794. The molecule has 1 atom stereocenters. The van der Waals surface area contributed by atoms with Gasteiger partial charge in [-0.15, -0.1) is 0 Å². The number of nitrogens with zero attached hydrogens (tertiary/aromatic N) is 1. The third kappa shape index (κ3) is 6.27. The first-order chi connectivity index (χ1) is 7.22. The molecule has 16 heavy (non-hydrogen) atoms. The minimum absolute atomic E-state index is 0. The summed E-state index contributed by atoms with van der Waals surface area (Å²) >= 11 is 0. The van der Waals surface area contributed by atoms with Crippen LogP contribution in [0.15, 0.2) is 0 Å². The monoisotopic (exact) mass is 267 g/mol. The van der Waals surface area contributed by atoms with Crippen molar-refractivity contribution >= 4 is 0 Å². The standard InChI is InChI=1S/C9H19N.C5H10.Fe/c1-8(10(2)3)9-6-4-5-7-9;1-2-4-5-3-1;/h8-9H,4-7H2,1-3H3;1-5H2;/t8-;;/m0../s1. The maximum Gasteiger partial charge on any atom is 0.00891 e. The van der Waals surface area contributed by atoms with Crippen LogP contribution in [0.25, 0.3) is 0 Å². The van der Waals surface area contributed by atoms with Gasteiger partial charge in [0, 0.05) is 23.1 Å². The van der Waals surface area contributed by atoms with E-state index < -0.39 is 0 Å². The van der Waals surface area contributed by atoms with Gasteiger partial charge in [0.2, 0.25) is 0 Å². The molecule has 2 aliphatic rings. The summed E-state index contributed by atoms with van der Waals surface area (Å²) in [5, 5.41) is 0. The smallest absolute Gasteiger partial charge is 0.00891 e. The Labute approximate surface area is 113 Å². The quantitative estimate of drug-likeness (QED) is 0.681. The topological polar surface area (TPSA) is 3.24 Å². The van der Waals surface area contributed by atoms with Crippen molar-refractivity contribution in [3.05, 3.63) is 0 Å². The molecule has 0 aliphatic heterocycles. The van der Waals surface area contributed by atoms with E-state index in [4.69, 9.17) is 0 Å². The molecule has 0 aromatic rings. The zero-order chi connectivity index (χ0) is 11.1. The zero-order valence-electron chi connectivity index (χ0n) is 11.3. The number of hydrogen-bond acceptors (Lipinski definition) is 1. The van der Waals surface area contributed by atoms with E-state index in [2.05, 4.69) is 25.9 Å². The average molecular weight is 267 g/mol. The van der Waals surface area contributed by atoms with E-state index in [1.165, 1.54) is 57.8 Å². The molecule has 2 heteroatoms. The Bertz CT molecular complexity index is 141. The molecule has 98 valence electrons. The summed E-state index contributed by atoms with van der Waals surface area (Å²) in [6.45, 7) is 2.34. The van der Waals surface area contributed by atoms with Crippen LogP contribution in [0.1, 0.15) is 64.7 Å². The summed E-state index contributed by atoms with van der Waals surface area (Å²) in [6.07, 6.45) is 13.3. The molecule has 0 spiro atoms. The molecule has 0 bridgehead atoms. The van der Waals surface area contributed by atoms with Crippen molar-refractivity contribution in [2.75, 3.05) is 14.1 Å². The Kier molecular flexibility index (Phi) is 9.79. The second kappa shape index (κ2) is 9.50. The van der Waals surface area contributed by atoms with Crippen molar-refractivity contribution in [3.63, 3.8) is 0 Å². The average Bonchev–Trinajstić information content (AvgIpc) is 2.92.